The number of ether oxygens (including phenoxy) is 1. The van der Waals surface area contributed by atoms with Gasteiger partial charge in [-0.15, -0.1) is 0 Å². The second-order valence-corrected chi connectivity index (χ2v) is 7.35. The molecule has 2 atom stereocenters. The van der Waals surface area contributed by atoms with E-state index in [0.717, 1.165) is 6.20 Å². The zero-order chi connectivity index (χ0) is 20.8. The third kappa shape index (κ3) is 3.58. The lowest BCUT2D eigenvalue weighted by Gasteiger charge is -2.19. The number of hydrogen-bond acceptors (Lipinski definition) is 8. The minimum absolute atomic E-state index is 0.0456. The van der Waals surface area contributed by atoms with Crippen molar-refractivity contribution in [3.8, 4) is 17.1 Å². The highest BCUT2D eigenvalue weighted by Gasteiger charge is 2.28. The summed E-state index contributed by atoms with van der Waals surface area (Å²) in [6, 6.07) is 1.10. The summed E-state index contributed by atoms with van der Waals surface area (Å²) in [5.41, 5.74) is -0.435. The van der Waals surface area contributed by atoms with E-state index in [-0.39, 0.29) is 29.6 Å². The van der Waals surface area contributed by atoms with Gasteiger partial charge in [-0.05, 0) is 13.8 Å². The van der Waals surface area contributed by atoms with Crippen molar-refractivity contribution in [2.75, 3.05) is 25.5 Å². The fourth-order valence-electron chi connectivity index (χ4n) is 3.21. The molecule has 154 valence electrons. The molecule has 0 radical (unpaired) electrons. The van der Waals surface area contributed by atoms with E-state index in [0.29, 0.717) is 17.9 Å². The number of aliphatic hydroxyl groups is 1. The topological polar surface area (TPSA) is 109 Å². The van der Waals surface area contributed by atoms with Gasteiger partial charge in [-0.25, -0.2) is 28.2 Å². The van der Waals surface area contributed by atoms with Crippen LogP contribution in [0.4, 0.5) is 14.7 Å². The molecule has 4 rings (SSSR count). The number of methoxy groups -OCH3 is 1. The van der Waals surface area contributed by atoms with Crippen LogP contribution in [0.3, 0.4) is 0 Å². The number of aromatic nitrogens is 5. The largest absolute Gasteiger partial charge is 0.495 e. The molecule has 1 saturated heterocycles. The lowest BCUT2D eigenvalue weighted by Crippen LogP contribution is -2.30. The molecule has 0 aromatic carbocycles. The van der Waals surface area contributed by atoms with Gasteiger partial charge in [-0.3, -0.25) is 0 Å². The van der Waals surface area contributed by atoms with Crippen LogP contribution >= 0.6 is 0 Å². The summed E-state index contributed by atoms with van der Waals surface area (Å²) in [5.74, 6) is -0.222. The molecular formula is C18H21F2N7O2. The molecule has 1 fully saturated rings. The molecule has 1 aliphatic rings. The van der Waals surface area contributed by atoms with E-state index < -0.39 is 23.6 Å². The second kappa shape index (κ2) is 7.16. The molecular weight excluding hydrogens is 384 g/mol. The predicted molar refractivity (Wildman–Crippen MR) is 101 cm³/mol. The number of halogens is 2. The first-order chi connectivity index (χ1) is 13.8. The molecule has 11 heteroatoms. The minimum atomic E-state index is -1.30. The summed E-state index contributed by atoms with van der Waals surface area (Å²) in [7, 11) is 1.46. The van der Waals surface area contributed by atoms with Crippen LogP contribution in [0.15, 0.2) is 18.5 Å². The molecule has 4 heterocycles. The number of anilines is 1. The highest BCUT2D eigenvalue weighted by atomic mass is 19.1. The number of nitrogens with zero attached hydrogens (tertiary/aromatic N) is 5. The van der Waals surface area contributed by atoms with E-state index >= 15 is 0 Å². The van der Waals surface area contributed by atoms with Gasteiger partial charge in [0.2, 0.25) is 5.95 Å². The maximum atomic E-state index is 14.5. The van der Waals surface area contributed by atoms with Gasteiger partial charge in [-0.1, -0.05) is 0 Å². The van der Waals surface area contributed by atoms with E-state index in [2.05, 4.69) is 30.7 Å². The fourth-order valence-corrected chi connectivity index (χ4v) is 3.21. The van der Waals surface area contributed by atoms with Crippen molar-refractivity contribution in [1.29, 1.82) is 0 Å². The Morgan fingerprint density at radius 3 is 2.76 bits per heavy atom. The standard InChI is InChI=1S/C18H21F2N7O2/c1-18(2,28)16-13(29-3)4-14-22-8-12(27(14)26-16)15-10(20)6-23-17(25-15)24-11-7-21-5-9(11)19/h4,6,8-9,11,21,28H,5,7H2,1-3H3,(H,23,24,25). The summed E-state index contributed by atoms with van der Waals surface area (Å²) in [4.78, 5) is 12.4. The number of nitrogens with one attached hydrogen (secondary N) is 2. The Morgan fingerprint density at radius 2 is 2.10 bits per heavy atom. The van der Waals surface area contributed by atoms with Gasteiger partial charge in [0.1, 0.15) is 34.6 Å². The Morgan fingerprint density at radius 1 is 1.31 bits per heavy atom. The molecule has 2 unspecified atom stereocenters. The van der Waals surface area contributed by atoms with Crippen molar-refractivity contribution in [2.24, 2.45) is 0 Å². The van der Waals surface area contributed by atoms with E-state index in [9.17, 15) is 13.9 Å². The predicted octanol–water partition coefficient (Wildman–Crippen LogP) is 1.28. The third-order valence-electron chi connectivity index (χ3n) is 4.70. The number of alkyl halides is 1. The number of hydrogen-bond donors (Lipinski definition) is 3. The summed E-state index contributed by atoms with van der Waals surface area (Å²) in [5, 5.41) is 20.6. The second-order valence-electron chi connectivity index (χ2n) is 7.35. The number of rotatable bonds is 5. The maximum Gasteiger partial charge on any atom is 0.223 e. The Balaban J connectivity index is 1.79. The Hall–Kier alpha value is -2.92. The van der Waals surface area contributed by atoms with Crippen molar-refractivity contribution < 1.29 is 18.6 Å². The molecule has 0 spiro atoms. The fraction of sp³-hybridized carbons (Fsp3) is 0.444. The van der Waals surface area contributed by atoms with Crippen LogP contribution in [0.25, 0.3) is 17.0 Å². The van der Waals surface area contributed by atoms with Gasteiger partial charge in [0, 0.05) is 19.2 Å². The average molecular weight is 405 g/mol. The van der Waals surface area contributed by atoms with Crippen LogP contribution < -0.4 is 15.4 Å². The zero-order valence-electron chi connectivity index (χ0n) is 16.1. The first-order valence-electron chi connectivity index (χ1n) is 9.08. The Bertz CT molecular complexity index is 1050. The van der Waals surface area contributed by atoms with Gasteiger partial charge >= 0.3 is 0 Å². The third-order valence-corrected chi connectivity index (χ3v) is 4.70. The Kier molecular flexibility index (Phi) is 4.79. The van der Waals surface area contributed by atoms with Crippen LogP contribution in [0.1, 0.15) is 19.5 Å². The van der Waals surface area contributed by atoms with E-state index in [1.807, 2.05) is 0 Å². The maximum absolute atomic E-state index is 14.5. The van der Waals surface area contributed by atoms with Crippen LogP contribution in [0.2, 0.25) is 0 Å². The van der Waals surface area contributed by atoms with E-state index in [4.69, 9.17) is 4.74 Å². The summed E-state index contributed by atoms with van der Waals surface area (Å²) < 4.78 is 35.1. The molecule has 3 N–H and O–H groups in total. The van der Waals surface area contributed by atoms with E-state index in [1.54, 1.807) is 19.9 Å². The molecule has 3 aromatic rings. The number of fused-ring (bicyclic) bond motifs is 1. The highest BCUT2D eigenvalue weighted by Crippen LogP contribution is 2.30. The van der Waals surface area contributed by atoms with Crippen LogP contribution in [0.5, 0.6) is 5.75 Å². The minimum Gasteiger partial charge on any atom is -0.495 e. The zero-order valence-corrected chi connectivity index (χ0v) is 16.1. The average Bonchev–Trinajstić information content (AvgIpc) is 3.27. The summed E-state index contributed by atoms with van der Waals surface area (Å²) >= 11 is 0. The van der Waals surface area contributed by atoms with Crippen molar-refractivity contribution >= 4 is 11.6 Å². The molecule has 9 nitrogen and oxygen atoms in total. The van der Waals surface area contributed by atoms with Gasteiger partial charge < -0.3 is 20.5 Å². The van der Waals surface area contributed by atoms with Crippen molar-refractivity contribution in [3.05, 3.63) is 30.0 Å². The first kappa shape index (κ1) is 19.4. The Labute approximate surface area is 165 Å². The van der Waals surface area contributed by atoms with Gasteiger partial charge in [0.25, 0.3) is 0 Å². The molecule has 29 heavy (non-hydrogen) atoms. The monoisotopic (exact) mass is 405 g/mol. The van der Waals surface area contributed by atoms with E-state index in [1.165, 1.54) is 17.8 Å². The van der Waals surface area contributed by atoms with Gasteiger partial charge in [0.05, 0.1) is 25.5 Å². The summed E-state index contributed by atoms with van der Waals surface area (Å²) in [6.07, 6.45) is 1.34. The van der Waals surface area contributed by atoms with Crippen molar-refractivity contribution in [2.45, 2.75) is 31.7 Å². The molecule has 1 aliphatic heterocycles. The highest BCUT2D eigenvalue weighted by molar-refractivity contribution is 5.62. The summed E-state index contributed by atoms with van der Waals surface area (Å²) in [6.45, 7) is 3.79. The smallest absolute Gasteiger partial charge is 0.223 e. The van der Waals surface area contributed by atoms with Crippen molar-refractivity contribution in [3.63, 3.8) is 0 Å². The first-order valence-corrected chi connectivity index (χ1v) is 9.08. The molecule has 0 saturated carbocycles. The molecule has 0 bridgehead atoms. The molecule has 0 amide bonds. The lowest BCUT2D eigenvalue weighted by molar-refractivity contribution is 0.0694. The van der Waals surface area contributed by atoms with Crippen LogP contribution in [-0.4, -0.2) is 62.1 Å². The van der Waals surface area contributed by atoms with Crippen molar-refractivity contribution in [1.82, 2.24) is 29.9 Å². The normalized spacial score (nSPS) is 19.7. The SMILES string of the molecule is COc1cc2ncc(-c3nc(NC4CNCC4F)ncc3F)n2nc1C(C)(C)O. The quantitative estimate of drug-likeness (QED) is 0.583. The number of imidazole rings is 1. The van der Waals surface area contributed by atoms with Gasteiger partial charge in [-0.2, -0.15) is 5.10 Å². The van der Waals surface area contributed by atoms with Crippen LogP contribution in [-0.2, 0) is 5.60 Å². The van der Waals surface area contributed by atoms with Gasteiger partial charge in [0.15, 0.2) is 11.5 Å². The van der Waals surface area contributed by atoms with Crippen LogP contribution in [0, 0.1) is 5.82 Å². The molecule has 0 aliphatic carbocycles. The lowest BCUT2D eigenvalue weighted by atomic mass is 10.0. The molecule has 3 aromatic heterocycles.